The highest BCUT2D eigenvalue weighted by atomic mass is 35.5. The highest BCUT2D eigenvalue weighted by Gasteiger charge is 2.43. The van der Waals surface area contributed by atoms with Gasteiger partial charge in [0, 0.05) is 50.9 Å². The molecule has 0 aliphatic carbocycles. The second kappa shape index (κ2) is 10.9. The van der Waals surface area contributed by atoms with Crippen LogP contribution in [0.2, 0.25) is 5.02 Å². The first-order valence-electron chi connectivity index (χ1n) is 12.7. The van der Waals surface area contributed by atoms with Crippen LogP contribution in [0, 0.1) is 12.8 Å². The molecule has 0 unspecified atom stereocenters. The van der Waals surface area contributed by atoms with Gasteiger partial charge in [0.25, 0.3) is 5.91 Å². The Kier molecular flexibility index (Phi) is 7.38. The van der Waals surface area contributed by atoms with Crippen LogP contribution in [0.3, 0.4) is 0 Å². The molecule has 2 aliphatic rings. The second-order valence-electron chi connectivity index (χ2n) is 9.77. The van der Waals surface area contributed by atoms with Crippen molar-refractivity contribution in [3.8, 4) is 5.75 Å². The van der Waals surface area contributed by atoms with E-state index in [9.17, 15) is 9.59 Å². The van der Waals surface area contributed by atoms with Crippen LogP contribution in [0.4, 0.5) is 5.69 Å². The first-order chi connectivity index (χ1) is 18.0. The van der Waals surface area contributed by atoms with Crippen molar-refractivity contribution in [1.29, 1.82) is 0 Å². The van der Waals surface area contributed by atoms with Crippen molar-refractivity contribution in [2.45, 2.75) is 12.8 Å². The van der Waals surface area contributed by atoms with Gasteiger partial charge >= 0.3 is 0 Å². The van der Waals surface area contributed by atoms with Gasteiger partial charge in [-0.25, -0.2) is 0 Å². The van der Waals surface area contributed by atoms with Crippen LogP contribution in [-0.4, -0.2) is 68.0 Å². The summed E-state index contributed by atoms with van der Waals surface area (Å²) in [6.07, 6.45) is 0. The smallest absolute Gasteiger partial charge is 0.255 e. The molecule has 0 N–H and O–H groups in total. The van der Waals surface area contributed by atoms with Gasteiger partial charge in [-0.05, 0) is 48.4 Å². The number of anilines is 1. The van der Waals surface area contributed by atoms with E-state index in [-0.39, 0.29) is 23.7 Å². The molecule has 2 saturated heterocycles. The molecule has 7 heteroatoms. The Balaban J connectivity index is 1.35. The molecule has 0 aromatic heterocycles. The Morgan fingerprint density at radius 1 is 0.838 bits per heavy atom. The normalized spacial score (nSPS) is 19.7. The van der Waals surface area contributed by atoms with Crippen LogP contribution in [-0.2, 0) is 4.79 Å². The highest BCUT2D eigenvalue weighted by molar-refractivity contribution is 6.33. The zero-order valence-electron chi connectivity index (χ0n) is 21.3. The van der Waals surface area contributed by atoms with Gasteiger partial charge in [0.2, 0.25) is 5.91 Å². The Bertz CT molecular complexity index is 1270. The maximum absolute atomic E-state index is 13.9. The fourth-order valence-corrected chi connectivity index (χ4v) is 5.75. The van der Waals surface area contributed by atoms with Crippen molar-refractivity contribution in [2.24, 2.45) is 5.92 Å². The summed E-state index contributed by atoms with van der Waals surface area (Å²) in [5.74, 6) is 0.327. The molecule has 2 heterocycles. The molecule has 0 saturated carbocycles. The summed E-state index contributed by atoms with van der Waals surface area (Å²) in [6, 6.07) is 23.3. The first kappa shape index (κ1) is 25.2. The van der Waals surface area contributed by atoms with E-state index in [1.54, 1.807) is 24.1 Å². The number of rotatable bonds is 5. The number of amides is 2. The summed E-state index contributed by atoms with van der Waals surface area (Å²) in [4.78, 5) is 33.4. The van der Waals surface area contributed by atoms with Crippen LogP contribution in [0.25, 0.3) is 0 Å². The molecule has 37 heavy (non-hydrogen) atoms. The number of hydrogen-bond donors (Lipinski definition) is 0. The number of hydrogen-bond acceptors (Lipinski definition) is 4. The second-order valence-corrected chi connectivity index (χ2v) is 10.2. The monoisotopic (exact) mass is 517 g/mol. The van der Waals surface area contributed by atoms with Gasteiger partial charge in [-0.2, -0.15) is 0 Å². The average Bonchev–Trinajstić information content (AvgIpc) is 3.38. The maximum atomic E-state index is 13.9. The van der Waals surface area contributed by atoms with E-state index in [4.69, 9.17) is 16.3 Å². The lowest BCUT2D eigenvalue weighted by atomic mass is 9.87. The summed E-state index contributed by atoms with van der Waals surface area (Å²) < 4.78 is 5.33. The minimum atomic E-state index is -0.315. The summed E-state index contributed by atoms with van der Waals surface area (Å²) in [6.45, 7) is 5.87. The van der Waals surface area contributed by atoms with Crippen molar-refractivity contribution >= 4 is 29.1 Å². The number of carbonyl (C=O) groups excluding carboxylic acids is 2. The lowest BCUT2D eigenvalue weighted by Crippen LogP contribution is -2.51. The number of methoxy groups -OCH3 is 1. The van der Waals surface area contributed by atoms with Gasteiger partial charge in [0.1, 0.15) is 5.75 Å². The molecule has 3 aromatic carbocycles. The summed E-state index contributed by atoms with van der Waals surface area (Å²) >= 11 is 6.34. The maximum Gasteiger partial charge on any atom is 0.255 e. The molecule has 0 spiro atoms. The van der Waals surface area contributed by atoms with Crippen molar-refractivity contribution in [1.82, 2.24) is 9.80 Å². The van der Waals surface area contributed by atoms with Crippen LogP contribution in [0.1, 0.15) is 27.4 Å². The Hall–Kier alpha value is -3.51. The van der Waals surface area contributed by atoms with Gasteiger partial charge in [-0.15, -0.1) is 0 Å². The fourth-order valence-electron chi connectivity index (χ4n) is 5.53. The molecule has 0 bridgehead atoms. The highest BCUT2D eigenvalue weighted by Crippen LogP contribution is 2.36. The van der Waals surface area contributed by atoms with Crippen molar-refractivity contribution in [2.75, 3.05) is 51.3 Å². The van der Waals surface area contributed by atoms with E-state index in [1.807, 2.05) is 47.4 Å². The van der Waals surface area contributed by atoms with Crippen LogP contribution >= 0.6 is 11.6 Å². The van der Waals surface area contributed by atoms with Crippen molar-refractivity contribution < 1.29 is 14.3 Å². The fraction of sp³-hybridized carbons (Fsp3) is 0.333. The van der Waals surface area contributed by atoms with Gasteiger partial charge in [-0.1, -0.05) is 54.1 Å². The Morgan fingerprint density at radius 2 is 1.51 bits per heavy atom. The number of aryl methyl sites for hydroxylation is 1. The van der Waals surface area contributed by atoms with E-state index in [2.05, 4.69) is 30.0 Å². The number of para-hydroxylation sites is 1. The van der Waals surface area contributed by atoms with Gasteiger partial charge in [-0.3, -0.25) is 9.59 Å². The lowest BCUT2D eigenvalue weighted by Gasteiger charge is -2.38. The van der Waals surface area contributed by atoms with Crippen molar-refractivity contribution in [3.05, 3.63) is 94.5 Å². The molecule has 2 atom stereocenters. The van der Waals surface area contributed by atoms with Gasteiger partial charge in [0.05, 0.1) is 23.6 Å². The first-order valence-corrected chi connectivity index (χ1v) is 13.1. The average molecular weight is 518 g/mol. The lowest BCUT2D eigenvalue weighted by molar-refractivity contribution is -0.135. The van der Waals surface area contributed by atoms with E-state index in [0.29, 0.717) is 36.8 Å². The molecule has 6 nitrogen and oxygen atoms in total. The third-order valence-electron chi connectivity index (χ3n) is 7.62. The third-order valence-corrected chi connectivity index (χ3v) is 7.95. The molecule has 0 radical (unpaired) electrons. The van der Waals surface area contributed by atoms with Gasteiger partial charge in [0.15, 0.2) is 0 Å². The molecule has 2 fully saturated rings. The zero-order valence-corrected chi connectivity index (χ0v) is 22.0. The molecule has 192 valence electrons. The molecule has 5 rings (SSSR count). The standard InChI is InChI=1S/C30H32ClN3O3/c1-21-7-3-6-10-28(21)32-15-17-33(18-16-32)30(36)26-20-34(29(35)24-8-4-5-9-27(24)31)19-25(26)22-11-13-23(37-2)14-12-22/h3-14,25-26H,15-20H2,1-2H3/t25-,26+/m1/s1. The number of halogens is 1. The summed E-state index contributed by atoms with van der Waals surface area (Å²) in [7, 11) is 1.64. The van der Waals surface area contributed by atoms with Crippen molar-refractivity contribution in [3.63, 3.8) is 0 Å². The number of ether oxygens (including phenoxy) is 1. The molecule has 2 amide bonds. The van der Waals surface area contributed by atoms with E-state index >= 15 is 0 Å². The molecular formula is C30H32ClN3O3. The predicted octanol–water partition coefficient (Wildman–Crippen LogP) is 4.86. The van der Waals surface area contributed by atoms with Crippen LogP contribution in [0.5, 0.6) is 5.75 Å². The largest absolute Gasteiger partial charge is 0.497 e. The van der Waals surface area contributed by atoms with Crippen LogP contribution < -0.4 is 9.64 Å². The molecule has 2 aliphatic heterocycles. The number of carbonyl (C=O) groups is 2. The summed E-state index contributed by atoms with van der Waals surface area (Å²) in [5, 5.41) is 0.426. The Morgan fingerprint density at radius 3 is 2.19 bits per heavy atom. The number of benzene rings is 3. The minimum Gasteiger partial charge on any atom is -0.497 e. The van der Waals surface area contributed by atoms with E-state index < -0.39 is 0 Å². The van der Waals surface area contributed by atoms with Crippen LogP contribution in [0.15, 0.2) is 72.8 Å². The molecular weight excluding hydrogens is 486 g/mol. The topological polar surface area (TPSA) is 53.1 Å². The van der Waals surface area contributed by atoms with E-state index in [0.717, 1.165) is 24.4 Å². The predicted molar refractivity (Wildman–Crippen MR) is 147 cm³/mol. The van der Waals surface area contributed by atoms with E-state index in [1.165, 1.54) is 11.3 Å². The Labute approximate surface area is 223 Å². The SMILES string of the molecule is COc1ccc([C@H]2CN(C(=O)c3ccccc3Cl)C[C@@H]2C(=O)N2CCN(c3ccccc3C)CC2)cc1. The minimum absolute atomic E-state index is 0.0979. The molecule has 3 aromatic rings. The number of nitrogens with zero attached hydrogens (tertiary/aromatic N) is 3. The summed E-state index contributed by atoms with van der Waals surface area (Å²) in [5.41, 5.74) is 3.97. The van der Waals surface area contributed by atoms with Gasteiger partial charge < -0.3 is 19.4 Å². The zero-order chi connectivity index (χ0) is 25.9. The third kappa shape index (κ3) is 5.16. The number of likely N-dealkylation sites (tertiary alicyclic amines) is 1. The quantitative estimate of drug-likeness (QED) is 0.485. The number of piperazine rings is 1.